The molecule has 44 heavy (non-hydrogen) atoms. The van der Waals surface area contributed by atoms with Crippen molar-refractivity contribution >= 4 is 0 Å². The van der Waals surface area contributed by atoms with Crippen LogP contribution in [0.2, 0.25) is 0 Å². The van der Waals surface area contributed by atoms with Gasteiger partial charge in [0.1, 0.15) is 0 Å². The Balaban J connectivity index is -0.000000105. The van der Waals surface area contributed by atoms with Gasteiger partial charge < -0.3 is 0 Å². The van der Waals surface area contributed by atoms with Crippen molar-refractivity contribution in [3.05, 3.63) is 139 Å². The van der Waals surface area contributed by atoms with Gasteiger partial charge in [0.2, 0.25) is 0 Å². The van der Waals surface area contributed by atoms with Crippen LogP contribution in [-0.4, -0.2) is 0 Å². The Morgan fingerprint density at radius 2 is 0.750 bits per heavy atom. The van der Waals surface area contributed by atoms with Crippen LogP contribution in [0.25, 0.3) is 0 Å². The summed E-state index contributed by atoms with van der Waals surface area (Å²) < 4.78 is 0. The summed E-state index contributed by atoms with van der Waals surface area (Å²) in [4.78, 5) is 0. The summed E-state index contributed by atoms with van der Waals surface area (Å²) in [5, 5.41) is 0. The average molecular weight is 749 g/mol. The Bertz CT molecular complexity index is 1200. The predicted molar refractivity (Wildman–Crippen MR) is 197 cm³/mol. The van der Waals surface area contributed by atoms with Gasteiger partial charge in [-0.25, -0.2) is 0 Å². The molecule has 0 saturated heterocycles. The van der Waals surface area contributed by atoms with Gasteiger partial charge in [-0.3, -0.25) is 0 Å². The third kappa shape index (κ3) is 20.3. The van der Waals surface area contributed by atoms with E-state index in [1.165, 1.54) is 77.9 Å². The van der Waals surface area contributed by atoms with E-state index in [4.69, 9.17) is 0 Å². The van der Waals surface area contributed by atoms with Crippen LogP contribution < -0.4 is 0 Å². The van der Waals surface area contributed by atoms with Crippen molar-refractivity contribution in [2.24, 2.45) is 0 Å². The molecule has 0 amide bonds. The van der Waals surface area contributed by atoms with E-state index in [0.29, 0.717) is 0 Å². The van der Waals surface area contributed by atoms with E-state index in [9.17, 15) is 0 Å². The van der Waals surface area contributed by atoms with Crippen molar-refractivity contribution in [2.45, 2.75) is 127 Å². The molecule has 4 aromatic carbocycles. The van der Waals surface area contributed by atoms with Crippen molar-refractivity contribution in [3.63, 3.8) is 0 Å². The monoisotopic (exact) mass is 748 g/mol. The second kappa shape index (κ2) is 27.2. The summed E-state index contributed by atoms with van der Waals surface area (Å²) in [7, 11) is 0. The minimum atomic E-state index is 0. The van der Waals surface area contributed by atoms with Gasteiger partial charge in [-0.15, -0.1) is 0 Å². The first-order valence-electron chi connectivity index (χ1n) is 13.6. The summed E-state index contributed by atoms with van der Waals surface area (Å²) in [5.41, 5.74) is 18.9. The molecule has 0 unspecified atom stereocenters. The van der Waals surface area contributed by atoms with E-state index in [1.54, 1.807) is 0 Å². The fourth-order valence-electron chi connectivity index (χ4n) is 4.13. The molecule has 0 heterocycles. The van der Waals surface area contributed by atoms with Gasteiger partial charge in [-0.2, -0.15) is 69.8 Å². The molecule has 0 N–H and O–H groups in total. The molecule has 0 aliphatic heterocycles. The molecule has 0 saturated carbocycles. The normalized spacial score (nSPS) is 8.50. The van der Waals surface area contributed by atoms with E-state index >= 15 is 0 Å². The number of hydrogen-bond acceptors (Lipinski definition) is 0. The summed E-state index contributed by atoms with van der Waals surface area (Å²) in [5.74, 6) is 0. The third-order valence-corrected chi connectivity index (χ3v) is 7.27. The van der Waals surface area contributed by atoms with Crippen LogP contribution in [0.3, 0.4) is 0 Å². The molecule has 0 atom stereocenters. The molecular weight excluding hydrogens is 682 g/mol. The maximum absolute atomic E-state index is 3.24. The number of rotatable bonds is 0. The van der Waals surface area contributed by atoms with Gasteiger partial charge in [-0.05, 0) is 88.8 Å². The summed E-state index contributed by atoms with van der Waals surface area (Å²) in [6.07, 6.45) is 0. The minimum absolute atomic E-state index is 0. The van der Waals surface area contributed by atoms with Gasteiger partial charge in [0, 0.05) is 65.4 Å². The topological polar surface area (TPSA) is 0 Å². The SMILES string of the molecule is C.C.C.C.Cc1[c-]c(C)c(C)cc1.Cc1[c-]cc(C)c(C)c1.Cc1cc(C)c(C)c(C)c1.Cc1cc(C)c(C)c(C)c1.[Y].[Y]. The molecule has 4 rings (SSSR count). The molecule has 0 bridgehead atoms. The number of aryl methyl sites for hydroxylation is 12. The molecule has 0 aliphatic rings. The summed E-state index contributed by atoms with van der Waals surface area (Å²) in [6, 6.07) is 23.7. The van der Waals surface area contributed by atoms with Crippen LogP contribution in [0.15, 0.2) is 48.5 Å². The number of hydrogen-bond donors (Lipinski definition) is 0. The zero-order chi connectivity index (χ0) is 29.2. The Labute approximate surface area is 327 Å². The molecule has 0 aliphatic carbocycles. The first kappa shape index (κ1) is 55.5. The third-order valence-electron chi connectivity index (χ3n) is 7.27. The maximum Gasteiger partial charge on any atom is 0 e. The van der Waals surface area contributed by atoms with E-state index in [0.717, 1.165) is 0 Å². The Kier molecular flexibility index (Phi) is 34.3. The Morgan fingerprint density at radius 1 is 0.386 bits per heavy atom. The van der Waals surface area contributed by atoms with Crippen molar-refractivity contribution < 1.29 is 65.4 Å². The standard InChI is InChI=1S/2C10H14.2C9H11.4CH4.2Y/c2*1-7-5-8(2)10(4)9(3)6-7;2*1-7-4-5-8(2)9(3)6-7;;;;;;/h2*5-6H,1-4H3;5-6H,1-3H3;4-5H,1-3H3;4*1H4;;/q;;2*-1;;;;;;. The molecular formula is C42H66Y2-2. The van der Waals surface area contributed by atoms with Gasteiger partial charge >= 0.3 is 0 Å². The van der Waals surface area contributed by atoms with Crippen LogP contribution in [0.5, 0.6) is 0 Å². The van der Waals surface area contributed by atoms with Gasteiger partial charge in [0.05, 0.1) is 0 Å². The molecule has 242 valence electrons. The molecule has 0 spiro atoms. The van der Waals surface area contributed by atoms with E-state index in [-0.39, 0.29) is 95.1 Å². The van der Waals surface area contributed by atoms with E-state index < -0.39 is 0 Å². The van der Waals surface area contributed by atoms with E-state index in [1.807, 2.05) is 6.07 Å². The van der Waals surface area contributed by atoms with Gasteiger partial charge in [0.15, 0.2) is 0 Å². The van der Waals surface area contributed by atoms with Crippen LogP contribution in [0.1, 0.15) is 108 Å². The van der Waals surface area contributed by atoms with Crippen molar-refractivity contribution in [2.75, 3.05) is 0 Å². The van der Waals surface area contributed by atoms with E-state index in [2.05, 4.69) is 152 Å². The Morgan fingerprint density at radius 3 is 1.02 bits per heavy atom. The zero-order valence-corrected chi connectivity index (χ0v) is 33.5. The minimum Gasteiger partial charge on any atom is -0.180 e. The second-order valence-electron chi connectivity index (χ2n) is 11.0. The Hall–Kier alpha value is -0.912. The van der Waals surface area contributed by atoms with Crippen LogP contribution in [0, 0.1) is 109 Å². The fourth-order valence-corrected chi connectivity index (χ4v) is 4.13. The molecule has 0 nitrogen and oxygen atoms in total. The predicted octanol–water partition coefficient (Wildman–Crippen LogP) is 13.2. The van der Waals surface area contributed by atoms with Crippen LogP contribution in [0.4, 0.5) is 0 Å². The quantitative estimate of drug-likeness (QED) is 0.157. The first-order chi connectivity index (χ1) is 17.6. The summed E-state index contributed by atoms with van der Waals surface area (Å²) in [6.45, 7) is 29.8. The molecule has 4 aromatic rings. The molecule has 2 radical (unpaired) electrons. The molecule has 0 fully saturated rings. The van der Waals surface area contributed by atoms with Crippen molar-refractivity contribution in [3.8, 4) is 0 Å². The van der Waals surface area contributed by atoms with Crippen molar-refractivity contribution in [1.29, 1.82) is 0 Å². The first-order valence-corrected chi connectivity index (χ1v) is 13.6. The van der Waals surface area contributed by atoms with Crippen LogP contribution >= 0.6 is 0 Å². The van der Waals surface area contributed by atoms with Gasteiger partial charge in [-0.1, -0.05) is 107 Å². The van der Waals surface area contributed by atoms with Crippen LogP contribution in [-0.2, 0) is 65.4 Å². The second-order valence-corrected chi connectivity index (χ2v) is 11.0. The smallest absolute Gasteiger partial charge is 0 e. The largest absolute Gasteiger partial charge is 0.180 e. The molecule has 0 aromatic heterocycles. The maximum atomic E-state index is 3.24. The summed E-state index contributed by atoms with van der Waals surface area (Å²) >= 11 is 0. The van der Waals surface area contributed by atoms with Gasteiger partial charge in [0.25, 0.3) is 0 Å². The number of benzene rings is 4. The zero-order valence-electron chi connectivity index (χ0n) is 27.8. The fraction of sp³-hybridized carbons (Fsp3) is 0.429. The van der Waals surface area contributed by atoms with Crippen molar-refractivity contribution in [1.82, 2.24) is 0 Å². The average Bonchev–Trinajstić information content (AvgIpc) is 2.82. The molecule has 2 heteroatoms.